The van der Waals surface area contributed by atoms with E-state index in [1.165, 1.54) is 13.8 Å². The van der Waals surface area contributed by atoms with E-state index >= 15 is 0 Å². The summed E-state index contributed by atoms with van der Waals surface area (Å²) in [5.74, 6) is 0. The third-order valence-corrected chi connectivity index (χ3v) is 3.46. The highest BCUT2D eigenvalue weighted by atomic mass is 19.4. The van der Waals surface area contributed by atoms with Gasteiger partial charge in [-0.1, -0.05) is 20.8 Å². The molecule has 1 saturated heterocycles. The van der Waals surface area contributed by atoms with Crippen molar-refractivity contribution in [2.75, 3.05) is 13.1 Å². The van der Waals surface area contributed by atoms with Gasteiger partial charge in [0.05, 0.1) is 6.17 Å². The van der Waals surface area contributed by atoms with Gasteiger partial charge in [0.15, 0.2) is 0 Å². The maximum Gasteiger partial charge on any atom is 0.439 e. The lowest BCUT2D eigenvalue weighted by Gasteiger charge is -2.51. The minimum Gasteiger partial charge on any atom is -0.288 e. The quantitative estimate of drug-likeness (QED) is 0.558. The number of nitrogens with zero attached hydrogens (tertiary/aromatic N) is 2. The Hall–Kier alpha value is -0.680. The molecule has 0 aromatic rings. The average Bonchev–Trinajstić information content (AvgIpc) is 2.35. The minimum absolute atomic E-state index is 0.0737. The van der Waals surface area contributed by atoms with Crippen LogP contribution in [0.3, 0.4) is 0 Å². The van der Waals surface area contributed by atoms with Crippen molar-refractivity contribution in [1.29, 1.82) is 0 Å². The minimum atomic E-state index is -5.77. The van der Waals surface area contributed by atoms with Crippen LogP contribution in [0.15, 0.2) is 0 Å². The third-order valence-electron chi connectivity index (χ3n) is 3.46. The second-order valence-corrected chi connectivity index (χ2v) is 4.70. The summed E-state index contributed by atoms with van der Waals surface area (Å²) in [6, 6.07) is -11.2. The van der Waals surface area contributed by atoms with E-state index in [0.29, 0.717) is 0 Å². The lowest BCUT2D eigenvalue weighted by Crippen LogP contribution is -2.77. The van der Waals surface area contributed by atoms with E-state index in [9.17, 15) is 35.1 Å². The molecule has 0 N–H and O–H groups in total. The molecule has 0 radical (unpaired) electrons. The first kappa shape index (κ1) is 19.4. The molecule has 11 heteroatoms. The molecule has 1 fully saturated rings. The van der Waals surface area contributed by atoms with Crippen LogP contribution in [-0.2, 0) is 4.74 Å². The predicted molar refractivity (Wildman–Crippen MR) is 59.7 cm³/mol. The van der Waals surface area contributed by atoms with Crippen LogP contribution >= 0.6 is 0 Å². The van der Waals surface area contributed by atoms with Gasteiger partial charge in [-0.05, 0) is 19.5 Å². The molecule has 0 saturated carbocycles. The Bertz CT molecular complexity index is 374. The Balaban J connectivity index is 3.47. The molecule has 1 unspecified atom stereocenters. The van der Waals surface area contributed by atoms with Gasteiger partial charge in [-0.15, -0.1) is 0 Å². The molecule has 0 aliphatic carbocycles. The second-order valence-electron chi connectivity index (χ2n) is 4.70. The lowest BCUT2D eigenvalue weighted by molar-refractivity contribution is -0.570. The Kier molecular flexibility index (Phi) is 5.06. The Labute approximate surface area is 121 Å². The van der Waals surface area contributed by atoms with Gasteiger partial charge in [0.2, 0.25) is 0 Å². The summed E-state index contributed by atoms with van der Waals surface area (Å²) in [5.41, 5.74) is 0. The number of alkyl halides is 8. The van der Waals surface area contributed by atoms with E-state index < -0.39 is 41.8 Å². The Morgan fingerprint density at radius 3 is 1.45 bits per heavy atom. The first-order chi connectivity index (χ1) is 9.80. The Morgan fingerprint density at radius 2 is 1.18 bits per heavy atom. The van der Waals surface area contributed by atoms with E-state index in [-0.39, 0.29) is 13.1 Å². The van der Waals surface area contributed by atoms with Crippen LogP contribution in [-0.4, -0.2) is 53.4 Å². The average molecular weight is 344 g/mol. The molecule has 1 aliphatic heterocycles. The summed E-state index contributed by atoms with van der Waals surface area (Å²) in [7, 11) is 0. The first-order valence-electron chi connectivity index (χ1n) is 6.55. The zero-order chi connectivity index (χ0) is 17.6. The summed E-state index contributed by atoms with van der Waals surface area (Å²) >= 11 is 0. The van der Waals surface area contributed by atoms with Crippen LogP contribution in [0, 0.1) is 0 Å². The van der Waals surface area contributed by atoms with E-state index in [1.54, 1.807) is 0 Å². The predicted octanol–water partition coefficient (Wildman–Crippen LogP) is 3.77. The van der Waals surface area contributed by atoms with Crippen LogP contribution in [0.2, 0.25) is 0 Å². The highest BCUT2D eigenvalue weighted by Gasteiger charge is 2.83. The summed E-state index contributed by atoms with van der Waals surface area (Å²) in [4.78, 5) is -0.476. The SMILES string of the molecule is CCC(N(CC)CC)N1C(F)(F)C(F)(F)OC(F)(F)C1(F)F. The number of rotatable bonds is 5. The van der Waals surface area contributed by atoms with Crippen molar-refractivity contribution in [3.05, 3.63) is 0 Å². The third kappa shape index (κ3) is 2.67. The fourth-order valence-corrected chi connectivity index (χ4v) is 2.36. The molecule has 1 heterocycles. The molecule has 22 heavy (non-hydrogen) atoms. The first-order valence-corrected chi connectivity index (χ1v) is 6.55. The van der Waals surface area contributed by atoms with Gasteiger partial charge in [-0.2, -0.15) is 40.0 Å². The van der Waals surface area contributed by atoms with Crippen LogP contribution in [0.25, 0.3) is 0 Å². The molecule has 0 spiro atoms. The fourth-order valence-electron chi connectivity index (χ4n) is 2.36. The number of halogens is 8. The smallest absolute Gasteiger partial charge is 0.288 e. The molecule has 0 aromatic carbocycles. The maximum absolute atomic E-state index is 13.8. The van der Waals surface area contributed by atoms with Crippen molar-refractivity contribution in [3.63, 3.8) is 0 Å². The standard InChI is InChI=1S/C11H16F8N2O/c1-4-7(20(5-2)6-3)21-8(12,13)10(16,17)22-11(18,19)9(21,14)15/h7H,4-6H2,1-3H3. The van der Waals surface area contributed by atoms with Crippen molar-refractivity contribution < 1.29 is 39.9 Å². The fraction of sp³-hybridized carbons (Fsp3) is 1.00. The molecule has 1 aliphatic rings. The van der Waals surface area contributed by atoms with Crippen molar-refractivity contribution in [2.45, 2.75) is 57.7 Å². The zero-order valence-electron chi connectivity index (χ0n) is 12.0. The van der Waals surface area contributed by atoms with Gasteiger partial charge in [0.25, 0.3) is 0 Å². The monoisotopic (exact) mass is 344 g/mol. The highest BCUT2D eigenvalue weighted by molar-refractivity contribution is 4.97. The molecular weight excluding hydrogens is 328 g/mol. The Morgan fingerprint density at radius 1 is 0.818 bits per heavy atom. The molecule has 0 bridgehead atoms. The topological polar surface area (TPSA) is 15.7 Å². The second kappa shape index (κ2) is 5.75. The molecule has 0 amide bonds. The van der Waals surface area contributed by atoms with Gasteiger partial charge in [-0.3, -0.25) is 4.90 Å². The summed E-state index contributed by atoms with van der Waals surface area (Å²) < 4.78 is 110. The van der Waals surface area contributed by atoms with Gasteiger partial charge >= 0.3 is 24.3 Å². The molecule has 1 atom stereocenters. The molecular formula is C11H16F8N2O. The van der Waals surface area contributed by atoms with E-state index in [4.69, 9.17) is 0 Å². The van der Waals surface area contributed by atoms with Crippen LogP contribution in [0.5, 0.6) is 0 Å². The van der Waals surface area contributed by atoms with Crippen molar-refractivity contribution in [3.8, 4) is 0 Å². The molecule has 0 aromatic heterocycles. The lowest BCUT2D eigenvalue weighted by atomic mass is 10.2. The maximum atomic E-state index is 13.8. The number of ether oxygens (including phenoxy) is 1. The van der Waals surface area contributed by atoms with Gasteiger partial charge in [0.1, 0.15) is 0 Å². The van der Waals surface area contributed by atoms with E-state index in [1.807, 2.05) is 0 Å². The summed E-state index contributed by atoms with van der Waals surface area (Å²) in [6.45, 7) is 3.81. The van der Waals surface area contributed by atoms with Gasteiger partial charge in [-0.25, -0.2) is 4.74 Å². The summed E-state index contributed by atoms with van der Waals surface area (Å²) in [6.07, 6.45) is -14.1. The van der Waals surface area contributed by atoms with E-state index in [2.05, 4.69) is 4.74 Å². The van der Waals surface area contributed by atoms with Crippen LogP contribution in [0.4, 0.5) is 35.1 Å². The molecule has 3 nitrogen and oxygen atoms in total. The van der Waals surface area contributed by atoms with Crippen molar-refractivity contribution in [1.82, 2.24) is 9.80 Å². The molecule has 132 valence electrons. The molecule has 1 rings (SSSR count). The zero-order valence-corrected chi connectivity index (χ0v) is 12.0. The van der Waals surface area contributed by atoms with Gasteiger partial charge in [0, 0.05) is 0 Å². The number of hydrogen-bond donors (Lipinski definition) is 0. The number of hydrogen-bond acceptors (Lipinski definition) is 3. The normalized spacial score (nSPS) is 27.8. The number of morpholine rings is 1. The van der Waals surface area contributed by atoms with Crippen molar-refractivity contribution >= 4 is 0 Å². The summed E-state index contributed by atoms with van der Waals surface area (Å²) in [5, 5.41) is 0. The van der Waals surface area contributed by atoms with Crippen molar-refractivity contribution in [2.24, 2.45) is 0 Å². The van der Waals surface area contributed by atoms with E-state index in [0.717, 1.165) is 11.8 Å². The van der Waals surface area contributed by atoms with Crippen LogP contribution < -0.4 is 0 Å². The highest BCUT2D eigenvalue weighted by Crippen LogP contribution is 2.56. The van der Waals surface area contributed by atoms with Crippen LogP contribution in [0.1, 0.15) is 27.2 Å². The van der Waals surface area contributed by atoms with Gasteiger partial charge < -0.3 is 0 Å². The largest absolute Gasteiger partial charge is 0.439 e.